The quantitative estimate of drug-likeness (QED) is 0.891. The molecule has 3 rings (SSSR count). The van der Waals surface area contributed by atoms with Gasteiger partial charge in [0, 0.05) is 18.1 Å². The lowest BCUT2D eigenvalue weighted by atomic mass is 9.88. The average Bonchev–Trinajstić information content (AvgIpc) is 2.83. The predicted octanol–water partition coefficient (Wildman–Crippen LogP) is 3.27. The molecule has 7 heteroatoms. The molecule has 0 radical (unpaired) electrons. The molecule has 1 aromatic heterocycles. The lowest BCUT2D eigenvalue weighted by Crippen LogP contribution is -2.22. The van der Waals surface area contributed by atoms with Crippen LogP contribution in [0.1, 0.15) is 30.6 Å². The monoisotopic (exact) mass is 346 g/mol. The van der Waals surface area contributed by atoms with Crippen LogP contribution in [0.2, 0.25) is 0 Å². The Balaban J connectivity index is 2.02. The third-order valence-corrected chi connectivity index (χ3v) is 4.40. The molecule has 4 N–H and O–H groups in total. The molecule has 1 unspecified atom stereocenters. The molecular formula is C18H20F2N4O. The molecule has 0 fully saturated rings. The minimum atomic E-state index is -2.93. The van der Waals surface area contributed by atoms with Gasteiger partial charge in [-0.2, -0.15) is 0 Å². The highest BCUT2D eigenvalue weighted by atomic mass is 19.3. The molecule has 25 heavy (non-hydrogen) atoms. The van der Waals surface area contributed by atoms with E-state index in [9.17, 15) is 13.6 Å². The number of anilines is 1. The number of halogens is 2. The van der Waals surface area contributed by atoms with Gasteiger partial charge in [-0.1, -0.05) is 19.1 Å². The summed E-state index contributed by atoms with van der Waals surface area (Å²) >= 11 is 0. The second kappa shape index (κ2) is 5.98. The molecule has 5 nitrogen and oxygen atoms in total. The molecule has 1 aliphatic rings. The molecule has 1 amide bonds. The number of carbonyl (C=O) groups excluding carboxylic acids is 1. The van der Waals surface area contributed by atoms with Crippen molar-refractivity contribution in [2.75, 3.05) is 5.73 Å². The number of alkyl halides is 2. The predicted molar refractivity (Wildman–Crippen MR) is 93.2 cm³/mol. The zero-order valence-electron chi connectivity index (χ0n) is 14.1. The maximum atomic E-state index is 14.0. The SMILES string of the molecule is CC1C=C(C(C)(F)F)C(Cn2c(N)nc3cc(C(N)=O)ccc32)=CC1. The normalized spacial score (nSPS) is 18.2. The Hall–Kier alpha value is -2.70. The molecule has 0 aliphatic heterocycles. The van der Waals surface area contributed by atoms with Gasteiger partial charge in [-0.3, -0.25) is 4.79 Å². The first-order valence-corrected chi connectivity index (χ1v) is 8.02. The Morgan fingerprint density at radius 1 is 1.44 bits per heavy atom. The molecule has 1 heterocycles. The molecule has 132 valence electrons. The lowest BCUT2D eigenvalue weighted by Gasteiger charge is -2.25. The summed E-state index contributed by atoms with van der Waals surface area (Å²) in [6.45, 7) is 3.00. The Morgan fingerprint density at radius 3 is 2.80 bits per heavy atom. The molecule has 1 aromatic carbocycles. The van der Waals surface area contributed by atoms with Crippen LogP contribution in [0.25, 0.3) is 11.0 Å². The number of rotatable bonds is 4. The number of hydrogen-bond donors (Lipinski definition) is 2. The van der Waals surface area contributed by atoms with Crippen LogP contribution >= 0.6 is 0 Å². The third kappa shape index (κ3) is 3.26. The van der Waals surface area contributed by atoms with Crippen LogP contribution in [-0.4, -0.2) is 21.4 Å². The smallest absolute Gasteiger partial charge is 0.270 e. The minimum absolute atomic E-state index is 0.0289. The molecule has 0 saturated heterocycles. The van der Waals surface area contributed by atoms with Crippen LogP contribution < -0.4 is 11.5 Å². The molecule has 0 saturated carbocycles. The number of aromatic nitrogens is 2. The van der Waals surface area contributed by atoms with E-state index in [0.717, 1.165) is 6.92 Å². The van der Waals surface area contributed by atoms with Gasteiger partial charge in [-0.05, 0) is 36.1 Å². The van der Waals surface area contributed by atoms with Gasteiger partial charge >= 0.3 is 0 Å². The van der Waals surface area contributed by atoms with Crippen molar-refractivity contribution in [1.82, 2.24) is 9.55 Å². The average molecular weight is 346 g/mol. The number of nitrogens with zero attached hydrogens (tertiary/aromatic N) is 2. The van der Waals surface area contributed by atoms with Gasteiger partial charge in [0.25, 0.3) is 5.92 Å². The Morgan fingerprint density at radius 2 is 2.16 bits per heavy atom. The number of fused-ring (bicyclic) bond motifs is 1. The Bertz CT molecular complexity index is 906. The molecular weight excluding hydrogens is 326 g/mol. The summed E-state index contributed by atoms with van der Waals surface area (Å²) in [5.41, 5.74) is 13.3. The number of primary amides is 1. The van der Waals surface area contributed by atoms with E-state index in [4.69, 9.17) is 11.5 Å². The second-order valence-electron chi connectivity index (χ2n) is 6.53. The van der Waals surface area contributed by atoms with Gasteiger partial charge in [0.2, 0.25) is 11.9 Å². The van der Waals surface area contributed by atoms with Crippen molar-refractivity contribution in [2.45, 2.75) is 32.7 Å². The maximum absolute atomic E-state index is 14.0. The minimum Gasteiger partial charge on any atom is -0.369 e. The van der Waals surface area contributed by atoms with Crippen LogP contribution in [0.5, 0.6) is 0 Å². The largest absolute Gasteiger partial charge is 0.369 e. The topological polar surface area (TPSA) is 86.9 Å². The zero-order valence-corrected chi connectivity index (χ0v) is 14.1. The molecule has 2 aromatic rings. The number of imidazole rings is 1. The van der Waals surface area contributed by atoms with Crippen molar-refractivity contribution in [1.29, 1.82) is 0 Å². The number of carbonyl (C=O) groups is 1. The fraction of sp³-hybridized carbons (Fsp3) is 0.333. The zero-order chi connectivity index (χ0) is 18.4. The molecule has 1 atom stereocenters. The lowest BCUT2D eigenvalue weighted by molar-refractivity contribution is 0.0641. The standard InChI is InChI=1S/C18H20F2N4O/c1-10-3-4-12(13(7-10)18(2,19)20)9-24-15-6-5-11(16(21)25)8-14(15)23-17(24)22/h4-8,10H,3,9H2,1-2H3,(H2,21,25)(H2,22,23). The van der Waals surface area contributed by atoms with Gasteiger partial charge in [0.1, 0.15) is 0 Å². The molecule has 0 bridgehead atoms. The first-order valence-electron chi connectivity index (χ1n) is 8.02. The first-order chi connectivity index (χ1) is 11.7. The number of allylic oxidation sites excluding steroid dienone is 4. The van der Waals surface area contributed by atoms with E-state index in [1.54, 1.807) is 28.8 Å². The van der Waals surface area contributed by atoms with E-state index in [2.05, 4.69) is 4.98 Å². The summed E-state index contributed by atoms with van der Waals surface area (Å²) in [4.78, 5) is 15.5. The van der Waals surface area contributed by atoms with E-state index in [1.807, 2.05) is 13.0 Å². The third-order valence-electron chi connectivity index (χ3n) is 4.40. The highest BCUT2D eigenvalue weighted by Gasteiger charge is 2.32. The Labute approximate surface area is 144 Å². The van der Waals surface area contributed by atoms with Crippen molar-refractivity contribution in [3.05, 3.63) is 47.1 Å². The highest BCUT2D eigenvalue weighted by molar-refractivity contribution is 5.96. The van der Waals surface area contributed by atoms with Crippen molar-refractivity contribution in [2.24, 2.45) is 11.7 Å². The first kappa shape index (κ1) is 17.1. The summed E-state index contributed by atoms with van der Waals surface area (Å²) < 4.78 is 29.7. The highest BCUT2D eigenvalue weighted by Crippen LogP contribution is 2.36. The van der Waals surface area contributed by atoms with Crippen LogP contribution in [0.15, 0.2) is 41.5 Å². The van der Waals surface area contributed by atoms with Gasteiger partial charge < -0.3 is 16.0 Å². The van der Waals surface area contributed by atoms with E-state index in [1.165, 1.54) is 0 Å². The van der Waals surface area contributed by atoms with E-state index in [0.29, 0.717) is 28.6 Å². The van der Waals surface area contributed by atoms with Crippen molar-refractivity contribution in [3.63, 3.8) is 0 Å². The van der Waals surface area contributed by atoms with Crippen molar-refractivity contribution in [3.8, 4) is 0 Å². The Kier molecular flexibility index (Phi) is 4.10. The molecule has 1 aliphatic carbocycles. The summed E-state index contributed by atoms with van der Waals surface area (Å²) in [6, 6.07) is 4.80. The molecule has 0 spiro atoms. The van der Waals surface area contributed by atoms with Crippen LogP contribution in [-0.2, 0) is 6.54 Å². The number of hydrogen-bond acceptors (Lipinski definition) is 3. The number of nitrogen functional groups attached to an aromatic ring is 1. The van der Waals surface area contributed by atoms with Crippen molar-refractivity contribution < 1.29 is 13.6 Å². The van der Waals surface area contributed by atoms with Crippen LogP contribution in [0.3, 0.4) is 0 Å². The van der Waals surface area contributed by atoms with Gasteiger partial charge in [-0.25, -0.2) is 13.8 Å². The van der Waals surface area contributed by atoms with Crippen LogP contribution in [0, 0.1) is 5.92 Å². The summed E-state index contributed by atoms with van der Waals surface area (Å²) in [5, 5.41) is 0. The van der Waals surface area contributed by atoms with Gasteiger partial charge in [-0.15, -0.1) is 0 Å². The fourth-order valence-electron chi connectivity index (χ4n) is 3.11. The van der Waals surface area contributed by atoms with Gasteiger partial charge in [0.05, 0.1) is 17.6 Å². The van der Waals surface area contributed by atoms with E-state index in [-0.39, 0.29) is 24.0 Å². The maximum Gasteiger partial charge on any atom is 0.270 e. The summed E-state index contributed by atoms with van der Waals surface area (Å²) in [5.74, 6) is -3.21. The van der Waals surface area contributed by atoms with Crippen LogP contribution in [0.4, 0.5) is 14.7 Å². The van der Waals surface area contributed by atoms with E-state index < -0.39 is 11.8 Å². The number of amides is 1. The fourth-order valence-corrected chi connectivity index (χ4v) is 3.11. The van der Waals surface area contributed by atoms with Crippen molar-refractivity contribution >= 4 is 22.9 Å². The number of benzene rings is 1. The summed E-state index contributed by atoms with van der Waals surface area (Å²) in [7, 11) is 0. The number of nitrogens with two attached hydrogens (primary N) is 2. The van der Waals surface area contributed by atoms with Gasteiger partial charge in [0.15, 0.2) is 0 Å². The second-order valence-corrected chi connectivity index (χ2v) is 6.53. The van der Waals surface area contributed by atoms with E-state index >= 15 is 0 Å². The summed E-state index contributed by atoms with van der Waals surface area (Å²) in [6.07, 6.45) is 4.16.